The molecule has 0 amide bonds. The van der Waals surface area contributed by atoms with Crippen LogP contribution in [-0.4, -0.2) is 42.3 Å². The van der Waals surface area contributed by atoms with Crippen molar-refractivity contribution in [2.75, 3.05) is 12.3 Å². The van der Waals surface area contributed by atoms with E-state index in [1.54, 1.807) is 0 Å². The molecule has 4 nitrogen and oxygen atoms in total. The average Bonchev–Trinajstić information content (AvgIpc) is 1.82. The zero-order chi connectivity index (χ0) is 10.6. The summed E-state index contributed by atoms with van der Waals surface area (Å²) in [7, 11) is -4.08. The van der Waals surface area contributed by atoms with Gasteiger partial charge in [-0.05, 0) is 27.7 Å². The van der Waals surface area contributed by atoms with Gasteiger partial charge in [-0.3, -0.25) is 4.90 Å². The van der Waals surface area contributed by atoms with E-state index in [4.69, 9.17) is 0 Å². The smallest absolute Gasteiger partial charge is 0.0958 e. The lowest BCUT2D eigenvalue weighted by atomic mass is 10.2. The summed E-state index contributed by atoms with van der Waals surface area (Å²) in [6.45, 7) is 8.25. The topological polar surface area (TPSA) is 60.4 Å². The molecule has 80 valence electrons. The minimum Gasteiger partial charge on any atom is -0.748 e. The van der Waals surface area contributed by atoms with Gasteiger partial charge in [-0.15, -0.1) is 0 Å². The van der Waals surface area contributed by atoms with Crippen LogP contribution in [0.25, 0.3) is 0 Å². The van der Waals surface area contributed by atoms with Crippen LogP contribution in [0, 0.1) is 0 Å². The second-order valence-corrected chi connectivity index (χ2v) is 5.21. The Kier molecular flexibility index (Phi) is 4.88. The third-order valence-electron chi connectivity index (χ3n) is 1.93. The highest BCUT2D eigenvalue weighted by atomic mass is 32.2. The predicted octanol–water partition coefficient (Wildman–Crippen LogP) is 0.650. The van der Waals surface area contributed by atoms with Crippen molar-refractivity contribution in [3.8, 4) is 0 Å². The van der Waals surface area contributed by atoms with Crippen LogP contribution >= 0.6 is 0 Å². The van der Waals surface area contributed by atoms with Gasteiger partial charge < -0.3 is 4.55 Å². The van der Waals surface area contributed by atoms with E-state index in [0.717, 1.165) is 0 Å². The molecule has 0 aromatic heterocycles. The van der Waals surface area contributed by atoms with E-state index in [1.165, 1.54) is 0 Å². The van der Waals surface area contributed by atoms with Crippen LogP contribution in [0.3, 0.4) is 0 Å². The van der Waals surface area contributed by atoms with Gasteiger partial charge in [-0.25, -0.2) is 8.42 Å². The summed E-state index contributed by atoms with van der Waals surface area (Å²) < 4.78 is 31.2. The highest BCUT2D eigenvalue weighted by Crippen LogP contribution is 2.04. The van der Waals surface area contributed by atoms with Crippen LogP contribution in [0.15, 0.2) is 0 Å². The van der Waals surface area contributed by atoms with Gasteiger partial charge in [0.1, 0.15) is 0 Å². The highest BCUT2D eigenvalue weighted by molar-refractivity contribution is 7.85. The molecule has 0 atom stereocenters. The van der Waals surface area contributed by atoms with Crippen molar-refractivity contribution in [2.45, 2.75) is 39.8 Å². The number of rotatable bonds is 5. The minimum absolute atomic E-state index is 0.266. The Hall–Kier alpha value is -0.130. The van der Waals surface area contributed by atoms with E-state index < -0.39 is 10.1 Å². The molecule has 0 saturated heterocycles. The molecule has 0 aromatic rings. The summed E-state index contributed by atoms with van der Waals surface area (Å²) in [5.41, 5.74) is 0. The first-order valence-electron chi connectivity index (χ1n) is 4.43. The zero-order valence-corrected chi connectivity index (χ0v) is 9.47. The molecular formula is C8H18NO3S-. The molecular weight excluding hydrogens is 190 g/mol. The fraction of sp³-hybridized carbons (Fsp3) is 1.00. The molecule has 0 heterocycles. The van der Waals surface area contributed by atoms with E-state index >= 15 is 0 Å². The quantitative estimate of drug-likeness (QED) is 0.622. The van der Waals surface area contributed by atoms with Gasteiger partial charge in [0, 0.05) is 18.6 Å². The van der Waals surface area contributed by atoms with E-state index in [0.29, 0.717) is 6.54 Å². The molecule has 13 heavy (non-hydrogen) atoms. The summed E-state index contributed by atoms with van der Waals surface area (Å²) in [6, 6.07) is 0.531. The lowest BCUT2D eigenvalue weighted by Crippen LogP contribution is -2.40. The Balaban J connectivity index is 4.13. The molecule has 0 aliphatic rings. The largest absolute Gasteiger partial charge is 0.748 e. The standard InChI is InChI=1S/C8H19NO3S/c1-7(2)9(8(3)4)5-6-13(10,11)12/h7-8H,5-6H2,1-4H3,(H,10,11,12)/p-1. The average molecular weight is 208 g/mol. The molecule has 0 rings (SSSR count). The molecule has 0 aromatic carbocycles. The Morgan fingerprint density at radius 3 is 1.77 bits per heavy atom. The summed E-state index contributed by atoms with van der Waals surface area (Å²) in [4.78, 5) is 1.98. The van der Waals surface area contributed by atoms with Crippen molar-refractivity contribution in [1.29, 1.82) is 0 Å². The van der Waals surface area contributed by atoms with Crippen LogP contribution in [0.2, 0.25) is 0 Å². The number of hydrogen-bond acceptors (Lipinski definition) is 4. The van der Waals surface area contributed by atoms with Gasteiger partial charge >= 0.3 is 0 Å². The molecule has 0 aliphatic heterocycles. The fourth-order valence-corrected chi connectivity index (χ4v) is 1.76. The van der Waals surface area contributed by atoms with Crippen LogP contribution < -0.4 is 0 Å². The zero-order valence-electron chi connectivity index (χ0n) is 8.65. The van der Waals surface area contributed by atoms with E-state index in [2.05, 4.69) is 0 Å². The molecule has 0 bridgehead atoms. The Bertz CT molecular complexity index is 226. The van der Waals surface area contributed by atoms with Crippen LogP contribution in [0.4, 0.5) is 0 Å². The third-order valence-corrected chi connectivity index (χ3v) is 2.61. The van der Waals surface area contributed by atoms with Crippen molar-refractivity contribution in [3.63, 3.8) is 0 Å². The maximum absolute atomic E-state index is 10.4. The predicted molar refractivity (Wildman–Crippen MR) is 51.5 cm³/mol. The maximum atomic E-state index is 10.4. The summed E-state index contributed by atoms with van der Waals surface area (Å²) in [6.07, 6.45) is 0. The highest BCUT2D eigenvalue weighted by Gasteiger charge is 2.13. The van der Waals surface area contributed by atoms with Crippen molar-refractivity contribution >= 4 is 10.1 Å². The Morgan fingerprint density at radius 1 is 1.15 bits per heavy atom. The summed E-state index contributed by atoms with van der Waals surface area (Å²) in [5.74, 6) is -0.302. The van der Waals surface area contributed by atoms with Gasteiger partial charge in [0.2, 0.25) is 0 Å². The maximum Gasteiger partial charge on any atom is 0.0958 e. The van der Waals surface area contributed by atoms with Crippen LogP contribution in [0.1, 0.15) is 27.7 Å². The first-order valence-corrected chi connectivity index (χ1v) is 6.01. The Labute approximate surface area is 80.7 Å². The summed E-state index contributed by atoms with van der Waals surface area (Å²) >= 11 is 0. The molecule has 0 unspecified atom stereocenters. The Morgan fingerprint density at radius 2 is 1.54 bits per heavy atom. The van der Waals surface area contributed by atoms with Crippen molar-refractivity contribution < 1.29 is 13.0 Å². The van der Waals surface area contributed by atoms with Crippen molar-refractivity contribution in [2.24, 2.45) is 0 Å². The molecule has 0 radical (unpaired) electrons. The normalized spacial score (nSPS) is 13.2. The second kappa shape index (κ2) is 4.93. The van der Waals surface area contributed by atoms with Gasteiger partial charge in [-0.1, -0.05) is 0 Å². The molecule has 5 heteroatoms. The second-order valence-electron chi connectivity index (χ2n) is 3.69. The lowest BCUT2D eigenvalue weighted by molar-refractivity contribution is 0.185. The van der Waals surface area contributed by atoms with Gasteiger partial charge in [0.15, 0.2) is 0 Å². The molecule has 0 fully saturated rings. The fourth-order valence-electron chi connectivity index (χ4n) is 1.33. The van der Waals surface area contributed by atoms with Crippen LogP contribution in [0.5, 0.6) is 0 Å². The molecule has 0 spiro atoms. The monoisotopic (exact) mass is 208 g/mol. The molecule has 0 aliphatic carbocycles. The van der Waals surface area contributed by atoms with Gasteiger partial charge in [0.25, 0.3) is 0 Å². The lowest BCUT2D eigenvalue weighted by Gasteiger charge is -2.30. The van der Waals surface area contributed by atoms with E-state index in [-0.39, 0.29) is 17.8 Å². The van der Waals surface area contributed by atoms with E-state index in [1.807, 2.05) is 32.6 Å². The third kappa shape index (κ3) is 6.01. The van der Waals surface area contributed by atoms with E-state index in [9.17, 15) is 13.0 Å². The van der Waals surface area contributed by atoms with Gasteiger partial charge in [0.05, 0.1) is 15.9 Å². The van der Waals surface area contributed by atoms with Gasteiger partial charge in [-0.2, -0.15) is 0 Å². The van der Waals surface area contributed by atoms with Crippen molar-refractivity contribution in [1.82, 2.24) is 4.90 Å². The van der Waals surface area contributed by atoms with Crippen molar-refractivity contribution in [3.05, 3.63) is 0 Å². The summed E-state index contributed by atoms with van der Waals surface area (Å²) in [5, 5.41) is 0. The molecule has 0 saturated carbocycles. The number of hydrogen-bond donors (Lipinski definition) is 0. The van der Waals surface area contributed by atoms with Crippen LogP contribution in [-0.2, 0) is 10.1 Å². The first kappa shape index (κ1) is 12.9. The minimum atomic E-state index is -4.08. The SMILES string of the molecule is CC(C)N(CCS(=O)(=O)[O-])C(C)C. The first-order chi connectivity index (χ1) is 5.74. The number of nitrogens with zero attached hydrogens (tertiary/aromatic N) is 1. The molecule has 0 N–H and O–H groups in total.